The molecular weight excluding hydrogens is 280 g/mol. The fourth-order valence-electron chi connectivity index (χ4n) is 1.97. The van der Waals surface area contributed by atoms with E-state index in [1.807, 2.05) is 30.3 Å². The lowest BCUT2D eigenvalue weighted by Crippen LogP contribution is -2.12. The minimum atomic E-state index is -0.276. The van der Waals surface area contributed by atoms with E-state index < -0.39 is 0 Å². The Kier molecular flexibility index (Phi) is 3.82. The van der Waals surface area contributed by atoms with Gasteiger partial charge < -0.3 is 10.1 Å². The van der Waals surface area contributed by atoms with Gasteiger partial charge in [0.05, 0.1) is 24.7 Å². The molecule has 22 heavy (non-hydrogen) atoms. The van der Waals surface area contributed by atoms with E-state index in [1.54, 1.807) is 18.2 Å². The molecule has 0 spiro atoms. The van der Waals surface area contributed by atoms with E-state index in [-0.39, 0.29) is 5.91 Å². The molecule has 6 nitrogen and oxygen atoms in total. The predicted octanol–water partition coefficient (Wildman–Crippen LogP) is 2.73. The number of ether oxygens (including phenoxy) is 1. The van der Waals surface area contributed by atoms with Crippen LogP contribution in [0.2, 0.25) is 0 Å². The first-order chi connectivity index (χ1) is 10.8. The molecule has 0 saturated carbocycles. The van der Waals surface area contributed by atoms with Gasteiger partial charge in [-0.25, -0.2) is 4.98 Å². The number of amides is 1. The summed E-state index contributed by atoms with van der Waals surface area (Å²) in [5, 5.41) is 9.64. The SMILES string of the molecule is COc1ccc(NC(=O)c2cc(-c3ccccc3)n[nH]2)cn1. The Balaban J connectivity index is 1.74. The van der Waals surface area contributed by atoms with Crippen LogP contribution in [0.1, 0.15) is 10.5 Å². The van der Waals surface area contributed by atoms with E-state index in [2.05, 4.69) is 20.5 Å². The average Bonchev–Trinajstić information content (AvgIpc) is 3.06. The van der Waals surface area contributed by atoms with Crippen molar-refractivity contribution < 1.29 is 9.53 Å². The summed E-state index contributed by atoms with van der Waals surface area (Å²) in [5.41, 5.74) is 2.64. The zero-order valence-electron chi connectivity index (χ0n) is 11.9. The lowest BCUT2D eigenvalue weighted by atomic mass is 10.1. The van der Waals surface area contributed by atoms with Crippen molar-refractivity contribution in [2.24, 2.45) is 0 Å². The van der Waals surface area contributed by atoms with Gasteiger partial charge in [-0.1, -0.05) is 30.3 Å². The van der Waals surface area contributed by atoms with Gasteiger partial charge in [0.25, 0.3) is 5.91 Å². The number of carbonyl (C=O) groups excluding carboxylic acids is 1. The summed E-state index contributed by atoms with van der Waals surface area (Å²) < 4.78 is 4.97. The maximum Gasteiger partial charge on any atom is 0.273 e. The minimum Gasteiger partial charge on any atom is -0.481 e. The molecule has 3 rings (SSSR count). The maximum absolute atomic E-state index is 12.2. The van der Waals surface area contributed by atoms with Crippen LogP contribution in [0.5, 0.6) is 5.88 Å². The number of rotatable bonds is 4. The molecule has 6 heteroatoms. The first-order valence-electron chi connectivity index (χ1n) is 6.68. The minimum absolute atomic E-state index is 0.276. The second kappa shape index (κ2) is 6.09. The van der Waals surface area contributed by atoms with Gasteiger partial charge in [-0.05, 0) is 12.1 Å². The van der Waals surface area contributed by atoms with Crippen LogP contribution in [0.25, 0.3) is 11.3 Å². The standard InChI is InChI=1S/C16H14N4O2/c1-22-15-8-7-12(10-17-15)18-16(21)14-9-13(19-20-14)11-5-3-2-4-6-11/h2-10H,1H3,(H,18,21)(H,19,20). The van der Waals surface area contributed by atoms with E-state index in [9.17, 15) is 4.79 Å². The number of hydrogen-bond donors (Lipinski definition) is 2. The van der Waals surface area contributed by atoms with E-state index >= 15 is 0 Å². The molecule has 1 amide bonds. The van der Waals surface area contributed by atoms with Crippen LogP contribution < -0.4 is 10.1 Å². The second-order valence-corrected chi connectivity index (χ2v) is 4.58. The summed E-state index contributed by atoms with van der Waals surface area (Å²) in [7, 11) is 1.54. The Morgan fingerprint density at radius 1 is 1.18 bits per heavy atom. The highest BCUT2D eigenvalue weighted by Crippen LogP contribution is 2.18. The van der Waals surface area contributed by atoms with Gasteiger partial charge in [0.1, 0.15) is 5.69 Å². The number of pyridine rings is 1. The fourth-order valence-corrected chi connectivity index (χ4v) is 1.97. The quantitative estimate of drug-likeness (QED) is 0.775. The Morgan fingerprint density at radius 2 is 2.00 bits per heavy atom. The molecule has 0 atom stereocenters. The monoisotopic (exact) mass is 294 g/mol. The zero-order chi connectivity index (χ0) is 15.4. The van der Waals surface area contributed by atoms with Crippen LogP contribution in [0.4, 0.5) is 5.69 Å². The number of methoxy groups -OCH3 is 1. The number of nitrogens with one attached hydrogen (secondary N) is 2. The third-order valence-electron chi connectivity index (χ3n) is 3.10. The number of benzene rings is 1. The molecular formula is C16H14N4O2. The lowest BCUT2D eigenvalue weighted by molar-refractivity contribution is 0.102. The third-order valence-corrected chi connectivity index (χ3v) is 3.10. The van der Waals surface area contributed by atoms with E-state index in [1.165, 1.54) is 13.3 Å². The van der Waals surface area contributed by atoms with Crippen LogP contribution in [0.15, 0.2) is 54.7 Å². The topological polar surface area (TPSA) is 79.9 Å². The Morgan fingerprint density at radius 3 is 2.68 bits per heavy atom. The smallest absolute Gasteiger partial charge is 0.273 e. The van der Waals surface area contributed by atoms with E-state index in [0.717, 1.165) is 11.3 Å². The highest BCUT2D eigenvalue weighted by molar-refractivity contribution is 6.03. The average molecular weight is 294 g/mol. The largest absolute Gasteiger partial charge is 0.481 e. The molecule has 0 aliphatic heterocycles. The summed E-state index contributed by atoms with van der Waals surface area (Å²) >= 11 is 0. The van der Waals surface area contributed by atoms with E-state index in [4.69, 9.17) is 4.74 Å². The number of aromatic nitrogens is 3. The molecule has 0 radical (unpaired) electrons. The number of carbonyl (C=O) groups is 1. The summed E-state index contributed by atoms with van der Waals surface area (Å²) in [6.45, 7) is 0. The van der Waals surface area contributed by atoms with Crippen LogP contribution in [-0.2, 0) is 0 Å². The van der Waals surface area contributed by atoms with Gasteiger partial charge in [-0.15, -0.1) is 0 Å². The summed E-state index contributed by atoms with van der Waals surface area (Å²) in [6, 6.07) is 14.8. The van der Waals surface area contributed by atoms with Crippen molar-refractivity contribution in [3.8, 4) is 17.1 Å². The highest BCUT2D eigenvalue weighted by Gasteiger charge is 2.11. The molecule has 2 heterocycles. The van der Waals surface area contributed by atoms with Crippen molar-refractivity contribution in [1.29, 1.82) is 0 Å². The lowest BCUT2D eigenvalue weighted by Gasteiger charge is -2.03. The van der Waals surface area contributed by atoms with Gasteiger partial charge >= 0.3 is 0 Å². The molecule has 0 aliphatic rings. The molecule has 0 saturated heterocycles. The van der Waals surface area contributed by atoms with Crippen molar-refractivity contribution in [3.63, 3.8) is 0 Å². The molecule has 3 aromatic rings. The molecule has 0 unspecified atom stereocenters. The molecule has 0 fully saturated rings. The summed E-state index contributed by atoms with van der Waals surface area (Å²) in [4.78, 5) is 16.2. The number of hydrogen-bond acceptors (Lipinski definition) is 4. The number of H-pyrrole nitrogens is 1. The third kappa shape index (κ3) is 2.95. The first-order valence-corrected chi connectivity index (χ1v) is 6.68. The highest BCUT2D eigenvalue weighted by atomic mass is 16.5. The van der Waals surface area contributed by atoms with E-state index in [0.29, 0.717) is 17.3 Å². The Labute approximate surface area is 127 Å². The molecule has 0 bridgehead atoms. The summed E-state index contributed by atoms with van der Waals surface area (Å²) in [6.07, 6.45) is 1.53. The Hall–Kier alpha value is -3.15. The second-order valence-electron chi connectivity index (χ2n) is 4.58. The molecule has 1 aromatic carbocycles. The number of anilines is 1. The van der Waals surface area contributed by atoms with Crippen molar-refractivity contribution in [2.75, 3.05) is 12.4 Å². The van der Waals surface area contributed by atoms with Crippen LogP contribution >= 0.6 is 0 Å². The zero-order valence-corrected chi connectivity index (χ0v) is 11.9. The molecule has 0 aliphatic carbocycles. The van der Waals surface area contributed by atoms with Gasteiger partial charge in [0.15, 0.2) is 0 Å². The van der Waals surface area contributed by atoms with Gasteiger partial charge in [-0.3, -0.25) is 9.89 Å². The summed E-state index contributed by atoms with van der Waals surface area (Å²) in [5.74, 6) is 0.215. The predicted molar refractivity (Wildman–Crippen MR) is 82.8 cm³/mol. The van der Waals surface area contributed by atoms with Crippen molar-refractivity contribution >= 4 is 11.6 Å². The number of nitrogens with zero attached hydrogens (tertiary/aromatic N) is 2. The molecule has 2 N–H and O–H groups in total. The molecule has 2 aromatic heterocycles. The van der Waals surface area contributed by atoms with Crippen molar-refractivity contribution in [2.45, 2.75) is 0 Å². The molecule has 110 valence electrons. The fraction of sp³-hybridized carbons (Fsp3) is 0.0625. The van der Waals surface area contributed by atoms with Gasteiger partial charge in [-0.2, -0.15) is 5.10 Å². The van der Waals surface area contributed by atoms with Crippen molar-refractivity contribution in [3.05, 3.63) is 60.4 Å². The Bertz CT molecular complexity index is 766. The van der Waals surface area contributed by atoms with Crippen molar-refractivity contribution in [1.82, 2.24) is 15.2 Å². The normalized spacial score (nSPS) is 10.2. The number of aromatic amines is 1. The van der Waals surface area contributed by atoms with Gasteiger partial charge in [0, 0.05) is 11.6 Å². The van der Waals surface area contributed by atoms with Gasteiger partial charge in [0.2, 0.25) is 5.88 Å². The first kappa shape index (κ1) is 13.8. The van der Waals surface area contributed by atoms with Crippen LogP contribution in [-0.4, -0.2) is 28.2 Å². The maximum atomic E-state index is 12.2. The van der Waals surface area contributed by atoms with Crippen LogP contribution in [0, 0.1) is 0 Å². The van der Waals surface area contributed by atoms with Crippen LogP contribution in [0.3, 0.4) is 0 Å².